The molecular weight excluding hydrogens is 871 g/mol. The summed E-state index contributed by atoms with van der Waals surface area (Å²) in [6.07, 6.45) is 4.73. The predicted molar refractivity (Wildman–Crippen MR) is 289 cm³/mol. The van der Waals surface area contributed by atoms with E-state index in [1.807, 2.05) is 34.8 Å². The van der Waals surface area contributed by atoms with Gasteiger partial charge in [0.25, 0.3) is 0 Å². The van der Waals surface area contributed by atoms with Gasteiger partial charge < -0.3 is 4.42 Å². The highest BCUT2D eigenvalue weighted by atomic mass is 32.1. The smallest absolute Gasteiger partial charge is 0.135 e. The number of furan rings is 1. The van der Waals surface area contributed by atoms with Crippen LogP contribution in [-0.2, 0) is 0 Å². The number of nitrogens with zero attached hydrogens (tertiary/aromatic N) is 1. The molecule has 0 spiro atoms. The lowest BCUT2D eigenvalue weighted by molar-refractivity contribution is 0.629. The first-order valence-corrected chi connectivity index (χ1v) is 25.3. The van der Waals surface area contributed by atoms with Crippen LogP contribution in [0.3, 0.4) is 0 Å². The number of allylic oxidation sites excluding steroid dienone is 1. The third-order valence-corrected chi connectivity index (χ3v) is 17.5. The van der Waals surface area contributed by atoms with E-state index in [0.717, 1.165) is 54.7 Å². The summed E-state index contributed by atoms with van der Waals surface area (Å²) in [5, 5.41) is 7.29. The summed E-state index contributed by atoms with van der Waals surface area (Å²) in [6, 6.07) is 71.1. The molecular formula is C62H39NOS3. The molecule has 0 saturated heterocycles. The number of hydrogen-bond donors (Lipinski definition) is 0. The van der Waals surface area contributed by atoms with E-state index in [2.05, 4.69) is 201 Å². The van der Waals surface area contributed by atoms with E-state index in [0.29, 0.717) is 11.8 Å². The van der Waals surface area contributed by atoms with Crippen LogP contribution in [0.2, 0.25) is 0 Å². The number of thiazole rings is 1. The van der Waals surface area contributed by atoms with Crippen molar-refractivity contribution >= 4 is 102 Å². The Hall–Kier alpha value is -7.41. The molecule has 0 fully saturated rings. The van der Waals surface area contributed by atoms with Crippen molar-refractivity contribution < 1.29 is 4.42 Å². The average molecular weight is 910 g/mol. The predicted octanol–water partition coefficient (Wildman–Crippen LogP) is 18.9. The van der Waals surface area contributed by atoms with Crippen molar-refractivity contribution in [1.82, 2.24) is 4.98 Å². The van der Waals surface area contributed by atoms with E-state index in [4.69, 9.17) is 9.40 Å². The highest BCUT2D eigenvalue weighted by Gasteiger charge is 2.28. The lowest BCUT2D eigenvalue weighted by Gasteiger charge is -2.26. The normalized spacial score (nSPS) is 14.9. The molecule has 1 aliphatic rings. The zero-order valence-electron chi connectivity index (χ0n) is 36.4. The molecule has 0 bridgehead atoms. The molecule has 2 atom stereocenters. The highest BCUT2D eigenvalue weighted by Crippen LogP contribution is 2.48. The first-order valence-electron chi connectivity index (χ1n) is 22.9. The Morgan fingerprint density at radius 2 is 1.03 bits per heavy atom. The fourth-order valence-corrected chi connectivity index (χ4v) is 14.3. The fraction of sp³-hybridized carbons (Fsp3) is 0.0484. The van der Waals surface area contributed by atoms with Crippen LogP contribution in [0.5, 0.6) is 0 Å². The van der Waals surface area contributed by atoms with Crippen LogP contribution >= 0.6 is 34.0 Å². The third-order valence-electron chi connectivity index (χ3n) is 13.9. The maximum absolute atomic E-state index is 6.14. The molecule has 14 rings (SSSR count). The van der Waals surface area contributed by atoms with Crippen LogP contribution in [0.25, 0.3) is 124 Å². The second-order valence-corrected chi connectivity index (χ2v) is 20.9. The summed E-state index contributed by atoms with van der Waals surface area (Å²) in [6.45, 7) is 2.35. The van der Waals surface area contributed by atoms with Gasteiger partial charge in [0.2, 0.25) is 0 Å². The SMILES string of the molecule is CC1C=Cc2c(sc3ccccc23)C1c1ccc(-c2ccc(-c3ccc(-c4cccc5c4sc4ccccc45)cc3)c3sc(-c4ccc(-c5ccc6oc7ccccc7c6c5)cc4)nc23)cc1. The van der Waals surface area contributed by atoms with E-state index in [-0.39, 0.29) is 0 Å². The summed E-state index contributed by atoms with van der Waals surface area (Å²) >= 11 is 5.61. The van der Waals surface area contributed by atoms with Crippen molar-refractivity contribution in [2.45, 2.75) is 12.8 Å². The van der Waals surface area contributed by atoms with Gasteiger partial charge in [-0.25, -0.2) is 4.98 Å². The Morgan fingerprint density at radius 3 is 1.84 bits per heavy atom. The number of aromatic nitrogens is 1. The van der Waals surface area contributed by atoms with E-state index < -0.39 is 0 Å². The number of benzene rings is 9. The van der Waals surface area contributed by atoms with Crippen molar-refractivity contribution in [1.29, 1.82) is 0 Å². The highest BCUT2D eigenvalue weighted by molar-refractivity contribution is 7.26. The number of fused-ring (bicyclic) bond motifs is 10. The van der Waals surface area contributed by atoms with Crippen LogP contribution in [-0.4, -0.2) is 4.98 Å². The van der Waals surface area contributed by atoms with Crippen LogP contribution in [0.15, 0.2) is 205 Å². The van der Waals surface area contributed by atoms with Gasteiger partial charge in [0.05, 0.1) is 10.2 Å². The van der Waals surface area contributed by atoms with Crippen LogP contribution in [0.4, 0.5) is 0 Å². The maximum Gasteiger partial charge on any atom is 0.135 e. The maximum atomic E-state index is 6.14. The Labute approximate surface area is 399 Å². The zero-order valence-corrected chi connectivity index (χ0v) is 38.8. The minimum absolute atomic E-state index is 0.317. The molecule has 0 saturated carbocycles. The molecule has 1 aliphatic carbocycles. The monoisotopic (exact) mass is 909 g/mol. The molecule has 0 radical (unpaired) electrons. The Balaban J connectivity index is 0.856. The molecule has 67 heavy (non-hydrogen) atoms. The number of thiophene rings is 2. The van der Waals surface area contributed by atoms with Crippen molar-refractivity contribution in [3.63, 3.8) is 0 Å². The van der Waals surface area contributed by atoms with Gasteiger partial charge in [-0.3, -0.25) is 0 Å². The molecule has 9 aromatic carbocycles. The quantitative estimate of drug-likeness (QED) is 0.166. The van der Waals surface area contributed by atoms with Gasteiger partial charge >= 0.3 is 0 Å². The van der Waals surface area contributed by atoms with Crippen molar-refractivity contribution in [2.75, 3.05) is 0 Å². The van der Waals surface area contributed by atoms with Gasteiger partial charge in [-0.15, -0.1) is 34.0 Å². The van der Waals surface area contributed by atoms with Crippen molar-refractivity contribution in [3.05, 3.63) is 216 Å². The Bertz CT molecular complexity index is 4110. The van der Waals surface area contributed by atoms with E-state index >= 15 is 0 Å². The van der Waals surface area contributed by atoms with E-state index in [1.165, 1.54) is 78.8 Å². The molecule has 4 aromatic heterocycles. The Morgan fingerprint density at radius 1 is 0.433 bits per heavy atom. The van der Waals surface area contributed by atoms with Gasteiger partial charge in [-0.2, -0.15) is 0 Å². The topological polar surface area (TPSA) is 26.0 Å². The minimum Gasteiger partial charge on any atom is -0.456 e. The van der Waals surface area contributed by atoms with Crippen molar-refractivity contribution in [3.8, 4) is 55.1 Å². The lowest BCUT2D eigenvalue weighted by Crippen LogP contribution is -2.12. The van der Waals surface area contributed by atoms with Gasteiger partial charge in [0, 0.05) is 63.1 Å². The molecule has 316 valence electrons. The molecule has 2 nitrogen and oxygen atoms in total. The third kappa shape index (κ3) is 6.30. The van der Waals surface area contributed by atoms with Crippen LogP contribution in [0, 0.1) is 5.92 Å². The summed E-state index contributed by atoms with van der Waals surface area (Å²) in [4.78, 5) is 6.98. The number of rotatable bonds is 6. The molecule has 0 N–H and O–H groups in total. The lowest BCUT2D eigenvalue weighted by atomic mass is 9.80. The van der Waals surface area contributed by atoms with Gasteiger partial charge in [-0.05, 0) is 86.1 Å². The number of hydrogen-bond acceptors (Lipinski definition) is 5. The van der Waals surface area contributed by atoms with Gasteiger partial charge in [-0.1, -0.05) is 183 Å². The molecule has 13 aromatic rings. The van der Waals surface area contributed by atoms with Crippen molar-refractivity contribution in [2.24, 2.45) is 5.92 Å². The number of para-hydroxylation sites is 1. The molecule has 5 heteroatoms. The summed E-state index contributed by atoms with van der Waals surface area (Å²) in [5.74, 6) is 0.722. The van der Waals surface area contributed by atoms with E-state index in [1.54, 1.807) is 11.3 Å². The second kappa shape index (κ2) is 15.3. The largest absolute Gasteiger partial charge is 0.456 e. The first-order chi connectivity index (χ1) is 33.1. The molecule has 4 heterocycles. The van der Waals surface area contributed by atoms with Gasteiger partial charge in [0.1, 0.15) is 16.2 Å². The fourth-order valence-electron chi connectivity index (χ4n) is 10.5. The molecule has 0 aliphatic heterocycles. The summed E-state index contributed by atoms with van der Waals surface area (Å²) < 4.78 is 11.3. The summed E-state index contributed by atoms with van der Waals surface area (Å²) in [7, 11) is 0. The standard InChI is InChI=1S/C62H39NOS3/c1-36-17-31-51-49-11-4-7-16-56(49)66-60(51)57(36)41-26-24-38(25-27-41)44-32-33-46(40-22-20-39(21-23-40)45-12-8-13-50-48-10-3-6-15-55(48)65-59(45)50)61-58(44)63-62(67-61)42-28-18-37(19-29-42)43-30-34-54-52(35-43)47-9-2-5-14-53(47)64-54/h2-36,57H,1H3. The molecule has 0 amide bonds. The first kappa shape index (κ1) is 38.8. The second-order valence-electron chi connectivity index (χ2n) is 17.8. The van der Waals surface area contributed by atoms with Crippen LogP contribution < -0.4 is 0 Å². The van der Waals surface area contributed by atoms with Gasteiger partial charge in [0.15, 0.2) is 0 Å². The zero-order chi connectivity index (χ0) is 44.2. The summed E-state index contributed by atoms with van der Waals surface area (Å²) in [5.41, 5.74) is 16.2. The van der Waals surface area contributed by atoms with E-state index in [9.17, 15) is 0 Å². The Kier molecular flexibility index (Phi) is 8.88. The minimum atomic E-state index is 0.317. The average Bonchev–Trinajstić information content (AvgIpc) is 4.18. The molecule has 2 unspecified atom stereocenters. The van der Waals surface area contributed by atoms with Crippen LogP contribution in [0.1, 0.15) is 28.8 Å².